The molecule has 4 unspecified atom stereocenters. The Kier molecular flexibility index (Phi) is 14.5. The van der Waals surface area contributed by atoms with E-state index in [9.17, 15) is 19.2 Å². The van der Waals surface area contributed by atoms with E-state index in [1.165, 1.54) is 0 Å². The smallest absolute Gasteiger partial charge is 0.407 e. The van der Waals surface area contributed by atoms with Crippen molar-refractivity contribution in [3.8, 4) is 0 Å². The lowest BCUT2D eigenvalue weighted by Gasteiger charge is -2.47. The Bertz CT molecular complexity index is 1660. The van der Waals surface area contributed by atoms with Crippen molar-refractivity contribution in [2.24, 2.45) is 5.92 Å². The minimum absolute atomic E-state index is 0.0287. The molecule has 2 aliphatic rings. The van der Waals surface area contributed by atoms with Gasteiger partial charge in [0.1, 0.15) is 18.8 Å². The molecule has 0 aliphatic carbocycles. The van der Waals surface area contributed by atoms with Crippen LogP contribution in [0, 0.1) is 5.92 Å². The van der Waals surface area contributed by atoms with E-state index < -0.39 is 48.3 Å². The second-order valence-electron chi connectivity index (χ2n) is 14.2. The predicted octanol–water partition coefficient (Wildman–Crippen LogP) is 6.68. The number of alkyl carbamates (subject to hydrolysis) is 2. The molecule has 2 heterocycles. The highest BCUT2D eigenvalue weighted by molar-refractivity contribution is 5.86. The van der Waals surface area contributed by atoms with Gasteiger partial charge in [-0.05, 0) is 60.4 Å². The van der Waals surface area contributed by atoms with Gasteiger partial charge in [-0.1, -0.05) is 86.6 Å². The number of hydrogen-bond donors (Lipinski definition) is 3. The van der Waals surface area contributed by atoms with Gasteiger partial charge in [0, 0.05) is 38.8 Å². The highest BCUT2D eigenvalue weighted by Crippen LogP contribution is 2.41. The number of benzene rings is 3. The maximum Gasteiger partial charge on any atom is 0.407 e. The molecule has 2 aliphatic heterocycles. The van der Waals surface area contributed by atoms with Crippen molar-refractivity contribution in [1.29, 1.82) is 0 Å². The van der Waals surface area contributed by atoms with Crippen LogP contribution in [0.5, 0.6) is 0 Å². The summed E-state index contributed by atoms with van der Waals surface area (Å²) in [6.07, 6.45) is 0.854. The Hall–Kier alpha value is -4.68. The van der Waals surface area contributed by atoms with Crippen molar-refractivity contribution < 1.29 is 42.9 Å². The minimum Gasteiger partial charge on any atom is -0.464 e. The SMILES string of the molecule is CCOC(=O)[C@H](CC(C)C)NC(=O)CCC1CC(OC(=O)NCc2cccc3ccccc23)CC2(CCCC(COC(=O)NCc3ccccc3)O2)O1. The second kappa shape index (κ2) is 19.4. The third-order valence-corrected chi connectivity index (χ3v) is 9.47. The van der Waals surface area contributed by atoms with Crippen LogP contribution >= 0.6 is 0 Å². The summed E-state index contributed by atoms with van der Waals surface area (Å²) < 4.78 is 29.8. The molecule has 286 valence electrons. The summed E-state index contributed by atoms with van der Waals surface area (Å²) in [4.78, 5) is 51.4. The molecule has 0 bridgehead atoms. The quantitative estimate of drug-likeness (QED) is 0.115. The standard InChI is InChI=1S/C41H53N3O9/c1-4-49-38(46)36(22-28(2)3)44-37(45)20-19-32-23-34(51-40(48)43-26-31-16-10-15-30-14-8-9-18-35(30)31)24-41(52-32)21-11-17-33(53-41)27-50-39(47)42-25-29-12-6-5-7-13-29/h5-10,12-16,18,28,32-34,36H,4,11,17,19-27H2,1-3H3,(H,42,47)(H,43,48)(H,44,45)/t32?,33?,34?,36-,41?/m0/s1. The molecule has 2 fully saturated rings. The first kappa shape index (κ1) is 39.5. The van der Waals surface area contributed by atoms with Crippen molar-refractivity contribution in [3.05, 3.63) is 83.9 Å². The molecular formula is C41H53N3O9. The Labute approximate surface area is 311 Å². The van der Waals surface area contributed by atoms with Crippen LogP contribution in [0.3, 0.4) is 0 Å². The van der Waals surface area contributed by atoms with Crippen molar-refractivity contribution in [2.45, 2.75) is 115 Å². The average Bonchev–Trinajstić information content (AvgIpc) is 3.14. The Morgan fingerprint density at radius 2 is 1.60 bits per heavy atom. The fourth-order valence-corrected chi connectivity index (χ4v) is 7.05. The molecule has 3 N–H and O–H groups in total. The number of hydrogen-bond acceptors (Lipinski definition) is 9. The number of rotatable bonds is 15. The molecule has 2 saturated heterocycles. The lowest BCUT2D eigenvalue weighted by molar-refractivity contribution is -0.329. The van der Waals surface area contributed by atoms with Crippen LogP contribution in [0.15, 0.2) is 72.8 Å². The fraction of sp³-hybridized carbons (Fsp3) is 0.512. The van der Waals surface area contributed by atoms with Gasteiger partial charge in [-0.3, -0.25) is 4.79 Å². The van der Waals surface area contributed by atoms with Crippen LogP contribution in [0.25, 0.3) is 10.8 Å². The molecule has 0 aromatic heterocycles. The number of carbonyl (C=O) groups is 4. The molecule has 0 radical (unpaired) electrons. The zero-order valence-electron chi connectivity index (χ0n) is 31.0. The van der Waals surface area contributed by atoms with Crippen LogP contribution in [-0.2, 0) is 46.4 Å². The summed E-state index contributed by atoms with van der Waals surface area (Å²) in [6.45, 7) is 6.57. The number of amides is 3. The molecular weight excluding hydrogens is 678 g/mol. The monoisotopic (exact) mass is 731 g/mol. The first-order valence-electron chi connectivity index (χ1n) is 18.8. The van der Waals surface area contributed by atoms with E-state index in [1.54, 1.807) is 6.92 Å². The van der Waals surface area contributed by atoms with Crippen molar-refractivity contribution >= 4 is 34.8 Å². The van der Waals surface area contributed by atoms with Crippen LogP contribution in [-0.4, -0.2) is 67.4 Å². The molecule has 3 aromatic rings. The van der Waals surface area contributed by atoms with Gasteiger partial charge in [-0.25, -0.2) is 14.4 Å². The van der Waals surface area contributed by atoms with Crippen LogP contribution in [0.1, 0.15) is 83.3 Å². The van der Waals surface area contributed by atoms with Gasteiger partial charge >= 0.3 is 18.2 Å². The maximum atomic E-state index is 13.2. The minimum atomic E-state index is -1.10. The Morgan fingerprint density at radius 1 is 0.868 bits per heavy atom. The van der Waals surface area contributed by atoms with Crippen LogP contribution in [0.2, 0.25) is 0 Å². The number of fused-ring (bicyclic) bond motifs is 1. The largest absolute Gasteiger partial charge is 0.464 e. The van der Waals surface area contributed by atoms with Gasteiger partial charge < -0.3 is 39.6 Å². The van der Waals surface area contributed by atoms with E-state index in [0.717, 1.165) is 28.3 Å². The zero-order chi connectivity index (χ0) is 37.6. The molecule has 5 rings (SSSR count). The molecule has 12 nitrogen and oxygen atoms in total. The second-order valence-corrected chi connectivity index (χ2v) is 14.2. The lowest BCUT2D eigenvalue weighted by atomic mass is 9.90. The normalized spacial score (nSPS) is 21.8. The van der Waals surface area contributed by atoms with Gasteiger partial charge in [0.2, 0.25) is 5.91 Å². The third kappa shape index (κ3) is 12.2. The first-order valence-corrected chi connectivity index (χ1v) is 18.8. The van der Waals surface area contributed by atoms with Crippen LogP contribution < -0.4 is 16.0 Å². The fourth-order valence-electron chi connectivity index (χ4n) is 7.05. The van der Waals surface area contributed by atoms with Gasteiger partial charge in [0.25, 0.3) is 0 Å². The van der Waals surface area contributed by atoms with E-state index >= 15 is 0 Å². The number of nitrogens with one attached hydrogen (secondary N) is 3. The summed E-state index contributed by atoms with van der Waals surface area (Å²) in [6, 6.07) is 22.8. The third-order valence-electron chi connectivity index (χ3n) is 9.47. The average molecular weight is 732 g/mol. The van der Waals surface area contributed by atoms with E-state index in [0.29, 0.717) is 45.2 Å². The Morgan fingerprint density at radius 3 is 2.40 bits per heavy atom. The highest BCUT2D eigenvalue weighted by atomic mass is 16.7. The topological polar surface area (TPSA) is 151 Å². The summed E-state index contributed by atoms with van der Waals surface area (Å²) in [5.41, 5.74) is 1.92. The van der Waals surface area contributed by atoms with Crippen molar-refractivity contribution in [1.82, 2.24) is 16.0 Å². The molecule has 5 atom stereocenters. The molecule has 0 saturated carbocycles. The van der Waals surface area contributed by atoms with E-state index in [1.807, 2.05) is 86.6 Å². The molecule has 3 amide bonds. The summed E-state index contributed by atoms with van der Waals surface area (Å²) in [5, 5.41) is 10.6. The van der Waals surface area contributed by atoms with E-state index in [-0.39, 0.29) is 37.9 Å². The maximum absolute atomic E-state index is 13.2. The van der Waals surface area contributed by atoms with Gasteiger partial charge in [0.05, 0.1) is 18.8 Å². The first-order chi connectivity index (χ1) is 25.6. The predicted molar refractivity (Wildman–Crippen MR) is 199 cm³/mol. The summed E-state index contributed by atoms with van der Waals surface area (Å²) in [5.74, 6) is -1.68. The highest BCUT2D eigenvalue weighted by Gasteiger charge is 2.47. The number of carbonyl (C=O) groups excluding carboxylic acids is 4. The van der Waals surface area contributed by atoms with Crippen molar-refractivity contribution in [3.63, 3.8) is 0 Å². The van der Waals surface area contributed by atoms with Crippen molar-refractivity contribution in [2.75, 3.05) is 13.2 Å². The van der Waals surface area contributed by atoms with E-state index in [2.05, 4.69) is 16.0 Å². The van der Waals surface area contributed by atoms with Gasteiger partial charge in [-0.15, -0.1) is 0 Å². The molecule has 12 heteroatoms. The molecule has 3 aromatic carbocycles. The van der Waals surface area contributed by atoms with Gasteiger partial charge in [0.15, 0.2) is 5.79 Å². The van der Waals surface area contributed by atoms with Crippen LogP contribution in [0.4, 0.5) is 9.59 Å². The summed E-state index contributed by atoms with van der Waals surface area (Å²) >= 11 is 0. The van der Waals surface area contributed by atoms with E-state index in [4.69, 9.17) is 23.7 Å². The van der Waals surface area contributed by atoms with Gasteiger partial charge in [-0.2, -0.15) is 0 Å². The Balaban J connectivity index is 1.21. The lowest BCUT2D eigenvalue weighted by Crippen LogP contribution is -2.54. The number of esters is 1. The molecule has 1 spiro atoms. The zero-order valence-corrected chi connectivity index (χ0v) is 31.0. The molecule has 53 heavy (non-hydrogen) atoms. The summed E-state index contributed by atoms with van der Waals surface area (Å²) in [7, 11) is 0. The number of ether oxygens (including phenoxy) is 5.